The van der Waals surface area contributed by atoms with E-state index < -0.39 is 15.9 Å². The molecule has 0 saturated heterocycles. The van der Waals surface area contributed by atoms with E-state index in [-0.39, 0.29) is 34.3 Å². The zero-order valence-corrected chi connectivity index (χ0v) is 18.9. The van der Waals surface area contributed by atoms with E-state index >= 15 is 0 Å². The molecule has 1 amide bonds. The average molecular weight is 479 g/mol. The highest BCUT2D eigenvalue weighted by atomic mass is 35.5. The van der Waals surface area contributed by atoms with Crippen LogP contribution in [0, 0.1) is 6.92 Å². The number of hydrogen-bond acceptors (Lipinski definition) is 4. The van der Waals surface area contributed by atoms with Gasteiger partial charge in [-0.3, -0.25) is 9.52 Å². The summed E-state index contributed by atoms with van der Waals surface area (Å²) in [5.41, 5.74) is 1.43. The number of ether oxygens (including phenoxy) is 1. The molecular formula is C22H20Cl2N2O4S. The van der Waals surface area contributed by atoms with Gasteiger partial charge in [-0.05, 0) is 55.0 Å². The molecule has 0 radical (unpaired) electrons. The molecule has 162 valence electrons. The monoisotopic (exact) mass is 478 g/mol. The lowest BCUT2D eigenvalue weighted by atomic mass is 10.2. The molecule has 0 heterocycles. The van der Waals surface area contributed by atoms with Crippen molar-refractivity contribution in [2.75, 3.05) is 17.9 Å². The smallest absolute Gasteiger partial charge is 0.261 e. The van der Waals surface area contributed by atoms with Gasteiger partial charge in [-0.25, -0.2) is 8.42 Å². The van der Waals surface area contributed by atoms with E-state index in [0.717, 1.165) is 5.56 Å². The van der Waals surface area contributed by atoms with Crippen LogP contribution in [0.4, 0.5) is 5.69 Å². The van der Waals surface area contributed by atoms with Crippen molar-refractivity contribution in [3.63, 3.8) is 0 Å². The molecular weight excluding hydrogens is 459 g/mol. The highest BCUT2D eigenvalue weighted by Crippen LogP contribution is 2.24. The molecule has 3 aromatic rings. The Kier molecular flexibility index (Phi) is 7.43. The van der Waals surface area contributed by atoms with Crippen LogP contribution >= 0.6 is 23.2 Å². The molecule has 0 aliphatic rings. The molecule has 9 heteroatoms. The summed E-state index contributed by atoms with van der Waals surface area (Å²) in [6, 6.07) is 17.7. The van der Waals surface area contributed by atoms with Crippen LogP contribution in [0.25, 0.3) is 0 Å². The third kappa shape index (κ3) is 6.13. The molecule has 0 atom stereocenters. The minimum absolute atomic E-state index is 0.122. The number of sulfonamides is 1. The summed E-state index contributed by atoms with van der Waals surface area (Å²) in [5.74, 6) is 0.214. The zero-order chi connectivity index (χ0) is 22.4. The van der Waals surface area contributed by atoms with E-state index in [0.29, 0.717) is 10.8 Å². The molecule has 3 aromatic carbocycles. The second-order valence-electron chi connectivity index (χ2n) is 6.63. The summed E-state index contributed by atoms with van der Waals surface area (Å²) < 4.78 is 32.8. The first kappa shape index (κ1) is 22.9. The maximum absolute atomic E-state index is 12.4. The lowest BCUT2D eigenvalue weighted by Gasteiger charge is -2.11. The number of aryl methyl sites for hydroxylation is 1. The normalized spacial score (nSPS) is 11.1. The van der Waals surface area contributed by atoms with Gasteiger partial charge in [-0.1, -0.05) is 47.5 Å². The Morgan fingerprint density at radius 1 is 0.968 bits per heavy atom. The fourth-order valence-corrected chi connectivity index (χ4v) is 4.18. The van der Waals surface area contributed by atoms with E-state index in [1.807, 2.05) is 13.0 Å². The highest BCUT2D eigenvalue weighted by molar-refractivity contribution is 7.92. The molecule has 0 aliphatic heterocycles. The number of halogens is 2. The summed E-state index contributed by atoms with van der Waals surface area (Å²) in [6.07, 6.45) is 0. The minimum Gasteiger partial charge on any atom is -0.492 e. The van der Waals surface area contributed by atoms with Gasteiger partial charge in [0.1, 0.15) is 12.4 Å². The number of rotatable bonds is 8. The average Bonchev–Trinajstić information content (AvgIpc) is 2.74. The standard InChI is InChI=1S/C22H20Cl2N2O4S/c1-15-7-9-17(14-20(15)23)30-12-11-25-22(27)19-10-8-16(13-21(19)24)26-31(28,29)18-5-3-2-4-6-18/h2-10,13-14,26H,11-12H2,1H3,(H,25,27). The van der Waals surface area contributed by atoms with E-state index in [1.165, 1.54) is 30.3 Å². The topological polar surface area (TPSA) is 84.5 Å². The Hall–Kier alpha value is -2.74. The van der Waals surface area contributed by atoms with Crippen molar-refractivity contribution in [3.05, 3.63) is 87.9 Å². The molecule has 0 bridgehead atoms. The summed E-state index contributed by atoms with van der Waals surface area (Å²) in [6.45, 7) is 2.40. The SMILES string of the molecule is Cc1ccc(OCCNC(=O)c2ccc(NS(=O)(=O)c3ccccc3)cc2Cl)cc1Cl. The number of anilines is 1. The van der Waals surface area contributed by atoms with E-state index in [4.69, 9.17) is 27.9 Å². The first-order valence-electron chi connectivity index (χ1n) is 9.31. The van der Waals surface area contributed by atoms with Crippen LogP contribution in [0.15, 0.2) is 71.6 Å². The molecule has 0 fully saturated rings. The predicted molar refractivity (Wildman–Crippen MR) is 123 cm³/mol. The van der Waals surface area contributed by atoms with E-state index in [1.54, 1.807) is 30.3 Å². The van der Waals surface area contributed by atoms with Gasteiger partial charge < -0.3 is 10.1 Å². The van der Waals surface area contributed by atoms with Gasteiger partial charge in [-0.2, -0.15) is 0 Å². The quantitative estimate of drug-likeness (QED) is 0.450. The second-order valence-corrected chi connectivity index (χ2v) is 9.13. The van der Waals surface area contributed by atoms with Gasteiger partial charge in [0.05, 0.1) is 27.7 Å². The summed E-state index contributed by atoms with van der Waals surface area (Å²) in [7, 11) is -3.75. The highest BCUT2D eigenvalue weighted by Gasteiger charge is 2.16. The number of nitrogens with one attached hydrogen (secondary N) is 2. The molecule has 2 N–H and O–H groups in total. The van der Waals surface area contributed by atoms with Gasteiger partial charge in [0.2, 0.25) is 0 Å². The fraction of sp³-hybridized carbons (Fsp3) is 0.136. The number of amides is 1. The number of carbonyl (C=O) groups is 1. The number of benzene rings is 3. The van der Waals surface area contributed by atoms with Crippen molar-refractivity contribution in [1.29, 1.82) is 0 Å². The van der Waals surface area contributed by atoms with Crippen LogP contribution in [-0.2, 0) is 10.0 Å². The Morgan fingerprint density at radius 3 is 2.39 bits per heavy atom. The van der Waals surface area contributed by atoms with Crippen LogP contribution in [0.5, 0.6) is 5.75 Å². The van der Waals surface area contributed by atoms with Gasteiger partial charge >= 0.3 is 0 Å². The van der Waals surface area contributed by atoms with Gasteiger partial charge in [-0.15, -0.1) is 0 Å². The fourth-order valence-electron chi connectivity index (χ4n) is 2.67. The second kappa shape index (κ2) is 10.0. The third-order valence-electron chi connectivity index (χ3n) is 4.32. The third-order valence-corrected chi connectivity index (χ3v) is 6.44. The molecule has 0 aliphatic carbocycles. The van der Waals surface area contributed by atoms with Crippen molar-refractivity contribution < 1.29 is 17.9 Å². The number of carbonyl (C=O) groups excluding carboxylic acids is 1. The molecule has 0 unspecified atom stereocenters. The first-order valence-corrected chi connectivity index (χ1v) is 11.5. The van der Waals surface area contributed by atoms with Gasteiger partial charge in [0.25, 0.3) is 15.9 Å². The molecule has 3 rings (SSSR count). The molecule has 31 heavy (non-hydrogen) atoms. The molecule has 0 aromatic heterocycles. The Labute approximate surface area is 191 Å². The van der Waals surface area contributed by atoms with Crippen molar-refractivity contribution >= 4 is 44.8 Å². The van der Waals surface area contributed by atoms with Crippen molar-refractivity contribution in [2.24, 2.45) is 0 Å². The Balaban J connectivity index is 1.56. The summed E-state index contributed by atoms with van der Waals surface area (Å²) in [4.78, 5) is 12.5. The first-order chi connectivity index (χ1) is 14.8. The maximum atomic E-state index is 12.4. The van der Waals surface area contributed by atoms with Crippen LogP contribution in [0.3, 0.4) is 0 Å². The maximum Gasteiger partial charge on any atom is 0.261 e. The lowest BCUT2D eigenvalue weighted by molar-refractivity contribution is 0.0947. The van der Waals surface area contributed by atoms with E-state index in [9.17, 15) is 13.2 Å². The predicted octanol–water partition coefficient (Wildman–Crippen LogP) is 4.91. The van der Waals surface area contributed by atoms with Crippen molar-refractivity contribution in [1.82, 2.24) is 5.32 Å². The van der Waals surface area contributed by atoms with Crippen LogP contribution in [-0.4, -0.2) is 27.5 Å². The largest absolute Gasteiger partial charge is 0.492 e. The van der Waals surface area contributed by atoms with Crippen LogP contribution < -0.4 is 14.8 Å². The Bertz CT molecular complexity index is 1190. The lowest BCUT2D eigenvalue weighted by Crippen LogP contribution is -2.28. The summed E-state index contributed by atoms with van der Waals surface area (Å²) in [5, 5.41) is 3.44. The summed E-state index contributed by atoms with van der Waals surface area (Å²) >= 11 is 12.3. The van der Waals surface area contributed by atoms with Crippen LogP contribution in [0.2, 0.25) is 10.0 Å². The minimum atomic E-state index is -3.75. The van der Waals surface area contributed by atoms with Gasteiger partial charge in [0, 0.05) is 5.02 Å². The molecule has 6 nitrogen and oxygen atoms in total. The molecule has 0 saturated carbocycles. The number of hydrogen-bond donors (Lipinski definition) is 2. The zero-order valence-electron chi connectivity index (χ0n) is 16.6. The van der Waals surface area contributed by atoms with E-state index in [2.05, 4.69) is 10.0 Å². The van der Waals surface area contributed by atoms with Gasteiger partial charge in [0.15, 0.2) is 0 Å². The van der Waals surface area contributed by atoms with Crippen molar-refractivity contribution in [2.45, 2.75) is 11.8 Å². The van der Waals surface area contributed by atoms with Crippen LogP contribution in [0.1, 0.15) is 15.9 Å². The Morgan fingerprint density at radius 2 is 1.71 bits per heavy atom. The molecule has 0 spiro atoms. The van der Waals surface area contributed by atoms with Crippen molar-refractivity contribution in [3.8, 4) is 5.75 Å².